The monoisotopic (exact) mass is 512 g/mol. The van der Waals surface area contributed by atoms with Gasteiger partial charge in [0.25, 0.3) is 5.91 Å². The zero-order valence-corrected chi connectivity index (χ0v) is 22.0. The summed E-state index contributed by atoms with van der Waals surface area (Å²) in [5.74, 6) is -1.83. The van der Waals surface area contributed by atoms with Gasteiger partial charge in [0.15, 0.2) is 0 Å². The molecule has 0 aliphatic carbocycles. The summed E-state index contributed by atoms with van der Waals surface area (Å²) in [6, 6.07) is 5.23. The molecule has 5 atom stereocenters. The van der Waals surface area contributed by atoms with Crippen molar-refractivity contribution in [3.05, 3.63) is 54.6 Å². The molecule has 4 rings (SSSR count). The molecular weight excluding hydrogens is 476 g/mol. The van der Waals surface area contributed by atoms with E-state index in [0.717, 1.165) is 23.2 Å². The Morgan fingerprint density at radius 3 is 2.61 bits per heavy atom. The second-order valence-electron chi connectivity index (χ2n) is 9.91. The summed E-state index contributed by atoms with van der Waals surface area (Å²) in [4.78, 5) is 45.0. The molecule has 0 saturated carbocycles. The first-order valence-corrected chi connectivity index (χ1v) is 13.6. The molecule has 2 unspecified atom stereocenters. The molecule has 3 saturated heterocycles. The van der Waals surface area contributed by atoms with Crippen molar-refractivity contribution in [3.63, 3.8) is 0 Å². The third kappa shape index (κ3) is 4.28. The van der Waals surface area contributed by atoms with Crippen LogP contribution in [0.2, 0.25) is 0 Å². The van der Waals surface area contributed by atoms with Crippen LogP contribution in [0.25, 0.3) is 0 Å². The molecule has 0 aromatic heterocycles. The highest BCUT2D eigenvalue weighted by Gasteiger charge is 2.74. The van der Waals surface area contributed by atoms with Crippen LogP contribution in [0.15, 0.2) is 43.5 Å². The number of ether oxygens (including phenoxy) is 1. The summed E-state index contributed by atoms with van der Waals surface area (Å²) in [6.45, 7) is 12.3. The molecule has 8 heteroatoms. The number of para-hydroxylation sites is 1. The lowest BCUT2D eigenvalue weighted by Gasteiger charge is -2.38. The molecule has 3 fully saturated rings. The van der Waals surface area contributed by atoms with Crippen LogP contribution in [0.5, 0.6) is 0 Å². The SMILES string of the molecule is C=CCOC(=O)[C@@H]1[C@H]2C(=O)N(CCCCO)C(C(=O)N(CC=C)c3c(C)cccc3C)C23CC[C@H]1S3. The Balaban J connectivity index is 1.77. The Kier molecular flexibility index (Phi) is 7.95. The minimum Gasteiger partial charge on any atom is -0.461 e. The average Bonchev–Trinajstić information content (AvgIpc) is 3.49. The van der Waals surface area contributed by atoms with Crippen LogP contribution in [0.4, 0.5) is 5.69 Å². The number of benzene rings is 1. The number of aliphatic hydroxyl groups is 1. The molecule has 1 aromatic rings. The molecule has 194 valence electrons. The van der Waals surface area contributed by atoms with E-state index in [1.807, 2.05) is 32.0 Å². The van der Waals surface area contributed by atoms with E-state index in [2.05, 4.69) is 13.2 Å². The number of aryl methyl sites for hydroxylation is 2. The molecule has 1 spiro atoms. The highest BCUT2D eigenvalue weighted by atomic mass is 32.2. The number of rotatable bonds is 11. The van der Waals surface area contributed by atoms with Gasteiger partial charge in [-0.05, 0) is 50.7 Å². The van der Waals surface area contributed by atoms with Crippen LogP contribution in [0.1, 0.15) is 36.8 Å². The van der Waals surface area contributed by atoms with Gasteiger partial charge in [0, 0.05) is 30.6 Å². The molecule has 1 aromatic carbocycles. The third-order valence-electron chi connectivity index (χ3n) is 7.74. The second kappa shape index (κ2) is 10.8. The Morgan fingerprint density at radius 2 is 1.97 bits per heavy atom. The van der Waals surface area contributed by atoms with Crippen LogP contribution in [-0.4, -0.2) is 70.1 Å². The minimum absolute atomic E-state index is 0.0214. The van der Waals surface area contributed by atoms with Crippen molar-refractivity contribution in [3.8, 4) is 0 Å². The van der Waals surface area contributed by atoms with E-state index in [1.54, 1.807) is 27.6 Å². The number of likely N-dealkylation sites (tertiary alicyclic amines) is 1. The standard InChI is InChI=1S/C28H36N2O5S/c1-5-14-29(23-18(3)10-9-11-19(23)4)26(33)24-28-13-12-20(36-28)21(27(34)35-17-6-2)22(28)25(32)30(24)15-7-8-16-31/h5-6,9-11,20-22,24,31H,1-2,7-8,12-17H2,3-4H3/t20-,21+,22+,24?,28?/m1/s1. The second-order valence-corrected chi connectivity index (χ2v) is 11.5. The lowest BCUT2D eigenvalue weighted by molar-refractivity contribution is -0.153. The highest BCUT2D eigenvalue weighted by molar-refractivity contribution is 8.02. The topological polar surface area (TPSA) is 87.1 Å². The van der Waals surface area contributed by atoms with E-state index < -0.39 is 22.6 Å². The number of esters is 1. The average molecular weight is 513 g/mol. The Hall–Kier alpha value is -2.58. The van der Waals surface area contributed by atoms with Gasteiger partial charge < -0.3 is 19.6 Å². The Bertz CT molecular complexity index is 1040. The minimum atomic E-state index is -0.695. The molecule has 3 aliphatic rings. The van der Waals surface area contributed by atoms with E-state index in [0.29, 0.717) is 32.4 Å². The van der Waals surface area contributed by atoms with E-state index >= 15 is 0 Å². The molecule has 3 aliphatic heterocycles. The number of aliphatic hydroxyl groups excluding tert-OH is 1. The fourth-order valence-electron chi connectivity index (χ4n) is 6.37. The maximum absolute atomic E-state index is 14.5. The summed E-state index contributed by atoms with van der Waals surface area (Å²) >= 11 is 1.63. The normalized spacial score (nSPS) is 28.2. The molecule has 1 N–H and O–H groups in total. The molecule has 0 radical (unpaired) electrons. The van der Waals surface area contributed by atoms with Crippen molar-refractivity contribution in [1.29, 1.82) is 0 Å². The van der Waals surface area contributed by atoms with Gasteiger partial charge >= 0.3 is 5.97 Å². The van der Waals surface area contributed by atoms with Crippen molar-refractivity contribution < 1.29 is 24.2 Å². The van der Waals surface area contributed by atoms with E-state index in [9.17, 15) is 19.5 Å². The van der Waals surface area contributed by atoms with Crippen LogP contribution in [-0.2, 0) is 19.1 Å². The summed E-state index contributed by atoms with van der Waals surface area (Å²) in [7, 11) is 0. The number of carbonyl (C=O) groups is 3. The fraction of sp³-hybridized carbons (Fsp3) is 0.536. The van der Waals surface area contributed by atoms with Gasteiger partial charge in [-0.25, -0.2) is 0 Å². The summed E-state index contributed by atoms with van der Waals surface area (Å²) in [5, 5.41) is 9.31. The number of thioether (sulfide) groups is 1. The van der Waals surface area contributed by atoms with Gasteiger partial charge in [-0.15, -0.1) is 18.3 Å². The quantitative estimate of drug-likeness (QED) is 0.278. The number of nitrogens with zero attached hydrogens (tertiary/aromatic N) is 2. The molecule has 3 heterocycles. The maximum atomic E-state index is 14.5. The van der Waals surface area contributed by atoms with E-state index in [1.165, 1.54) is 6.08 Å². The summed E-state index contributed by atoms with van der Waals surface area (Å²) in [5.41, 5.74) is 2.79. The smallest absolute Gasteiger partial charge is 0.311 e. The van der Waals surface area contributed by atoms with Crippen molar-refractivity contribution >= 4 is 35.2 Å². The van der Waals surface area contributed by atoms with Crippen LogP contribution >= 0.6 is 11.8 Å². The molecule has 7 nitrogen and oxygen atoms in total. The number of amides is 2. The van der Waals surface area contributed by atoms with Gasteiger partial charge in [-0.3, -0.25) is 14.4 Å². The van der Waals surface area contributed by atoms with Crippen molar-refractivity contribution in [1.82, 2.24) is 4.90 Å². The molecular formula is C28H36N2O5S. The Morgan fingerprint density at radius 1 is 1.25 bits per heavy atom. The van der Waals surface area contributed by atoms with Crippen LogP contribution < -0.4 is 4.90 Å². The number of carbonyl (C=O) groups excluding carboxylic acids is 3. The third-order valence-corrected chi connectivity index (χ3v) is 9.70. The van der Waals surface area contributed by atoms with Gasteiger partial charge in [0.2, 0.25) is 5.91 Å². The number of unbranched alkanes of at least 4 members (excludes halogenated alkanes) is 1. The van der Waals surface area contributed by atoms with Gasteiger partial charge in [0.1, 0.15) is 12.6 Å². The maximum Gasteiger partial charge on any atom is 0.311 e. The number of anilines is 1. The van der Waals surface area contributed by atoms with E-state index in [4.69, 9.17) is 4.74 Å². The summed E-state index contributed by atoms with van der Waals surface area (Å²) < 4.78 is 4.74. The lowest BCUT2D eigenvalue weighted by atomic mass is 9.71. The molecule has 2 bridgehead atoms. The number of hydrogen-bond acceptors (Lipinski definition) is 6. The molecule has 36 heavy (non-hydrogen) atoms. The predicted molar refractivity (Wildman–Crippen MR) is 142 cm³/mol. The first kappa shape index (κ1) is 26.5. The van der Waals surface area contributed by atoms with Gasteiger partial charge in [0.05, 0.1) is 16.6 Å². The summed E-state index contributed by atoms with van der Waals surface area (Å²) in [6.07, 6.45) is 5.82. The Labute approximate surface area is 217 Å². The van der Waals surface area contributed by atoms with Gasteiger partial charge in [-0.2, -0.15) is 0 Å². The number of hydrogen-bond donors (Lipinski definition) is 1. The van der Waals surface area contributed by atoms with E-state index in [-0.39, 0.29) is 36.2 Å². The van der Waals surface area contributed by atoms with Crippen molar-refractivity contribution in [2.24, 2.45) is 11.8 Å². The zero-order valence-electron chi connectivity index (χ0n) is 21.2. The fourth-order valence-corrected chi connectivity index (χ4v) is 8.57. The number of fused-ring (bicyclic) bond motifs is 1. The molecule has 2 amide bonds. The predicted octanol–water partition coefficient (Wildman–Crippen LogP) is 3.42. The van der Waals surface area contributed by atoms with Crippen LogP contribution in [0, 0.1) is 25.7 Å². The van der Waals surface area contributed by atoms with Crippen molar-refractivity contribution in [2.75, 3.05) is 31.2 Å². The highest BCUT2D eigenvalue weighted by Crippen LogP contribution is 2.66. The largest absolute Gasteiger partial charge is 0.461 e. The lowest BCUT2D eigenvalue weighted by Crippen LogP contribution is -2.55. The first-order valence-electron chi connectivity index (χ1n) is 12.7. The zero-order chi connectivity index (χ0) is 26.0. The first-order chi connectivity index (χ1) is 17.3. The van der Waals surface area contributed by atoms with Gasteiger partial charge in [-0.1, -0.05) is 36.9 Å². The van der Waals surface area contributed by atoms with Crippen LogP contribution in [0.3, 0.4) is 0 Å². The van der Waals surface area contributed by atoms with Crippen molar-refractivity contribution in [2.45, 2.75) is 55.6 Å².